The van der Waals surface area contributed by atoms with Gasteiger partial charge in [-0.2, -0.15) is 0 Å². The van der Waals surface area contributed by atoms with Gasteiger partial charge in [0.05, 0.1) is 0 Å². The molecule has 0 aromatic heterocycles. The number of hydrogen-bond donors (Lipinski definition) is 2. The summed E-state index contributed by atoms with van der Waals surface area (Å²) in [7, 11) is 0. The predicted octanol–water partition coefficient (Wildman–Crippen LogP) is 3.28. The second kappa shape index (κ2) is 6.60. The third-order valence-electron chi connectivity index (χ3n) is 3.41. The van der Waals surface area contributed by atoms with E-state index in [9.17, 15) is 13.6 Å². The van der Waals surface area contributed by atoms with Crippen molar-refractivity contribution in [2.45, 2.75) is 51.3 Å². The molecule has 1 aromatic carbocycles. The van der Waals surface area contributed by atoms with Gasteiger partial charge in [-0.1, -0.05) is 0 Å². The van der Waals surface area contributed by atoms with Crippen molar-refractivity contribution in [1.29, 1.82) is 0 Å². The first-order chi connectivity index (χ1) is 10.2. The van der Waals surface area contributed by atoms with Crippen LogP contribution >= 0.6 is 0 Å². The van der Waals surface area contributed by atoms with Gasteiger partial charge in [0.15, 0.2) is 0 Å². The predicted molar refractivity (Wildman–Crippen MR) is 79.5 cm³/mol. The van der Waals surface area contributed by atoms with E-state index in [2.05, 4.69) is 10.6 Å². The second-order valence-electron chi connectivity index (χ2n) is 6.58. The molecule has 2 N–H and O–H groups in total. The summed E-state index contributed by atoms with van der Waals surface area (Å²) in [6.45, 7) is 6.05. The average molecular weight is 312 g/mol. The Morgan fingerprint density at radius 1 is 1.27 bits per heavy atom. The third-order valence-corrected chi connectivity index (χ3v) is 3.41. The zero-order valence-corrected chi connectivity index (χ0v) is 13.1. The number of rotatable bonds is 2. The Labute approximate surface area is 129 Å². The van der Waals surface area contributed by atoms with Gasteiger partial charge in [-0.15, -0.1) is 0 Å². The van der Waals surface area contributed by atoms with E-state index in [0.717, 1.165) is 12.5 Å². The first-order valence-corrected chi connectivity index (χ1v) is 7.42. The Bertz CT molecular complexity index is 523. The highest BCUT2D eigenvalue weighted by Gasteiger charge is 2.26. The van der Waals surface area contributed by atoms with Crippen LogP contribution in [-0.2, 0) is 4.74 Å². The molecule has 6 heteroatoms. The molecule has 1 aromatic rings. The minimum absolute atomic E-state index is 0.0903. The number of nitrogens with one attached hydrogen (secondary N) is 2. The lowest BCUT2D eigenvalue weighted by Crippen LogP contribution is -2.45. The topological polar surface area (TPSA) is 50.4 Å². The quantitative estimate of drug-likeness (QED) is 0.881. The largest absolute Gasteiger partial charge is 0.444 e. The molecule has 22 heavy (non-hydrogen) atoms. The maximum atomic E-state index is 13.3. The van der Waals surface area contributed by atoms with Gasteiger partial charge in [0, 0.05) is 18.2 Å². The van der Waals surface area contributed by atoms with Crippen LogP contribution in [0, 0.1) is 11.6 Å². The molecule has 1 aliphatic rings. The van der Waals surface area contributed by atoms with E-state index in [1.165, 1.54) is 12.1 Å². The Hall–Kier alpha value is -1.69. The fourth-order valence-corrected chi connectivity index (χ4v) is 2.55. The molecule has 1 aliphatic heterocycles. The Balaban J connectivity index is 1.98. The van der Waals surface area contributed by atoms with Crippen LogP contribution < -0.4 is 10.6 Å². The third kappa shape index (κ3) is 4.94. The standard InChI is InChI=1S/C16H22F2N2O2/c1-16(2,3)22-15(21)20-13-4-5-19-14(9-13)10-6-11(17)8-12(18)7-10/h6-8,13-14,19H,4-5,9H2,1-3H3,(H,20,21). The molecule has 1 fully saturated rings. The van der Waals surface area contributed by atoms with Crippen LogP contribution in [0.3, 0.4) is 0 Å². The molecule has 0 aliphatic carbocycles. The second-order valence-corrected chi connectivity index (χ2v) is 6.58. The van der Waals surface area contributed by atoms with Crippen LogP contribution in [0.1, 0.15) is 45.2 Å². The summed E-state index contributed by atoms with van der Waals surface area (Å²) < 4.78 is 31.9. The highest BCUT2D eigenvalue weighted by atomic mass is 19.1. The van der Waals surface area contributed by atoms with Crippen molar-refractivity contribution in [3.8, 4) is 0 Å². The molecule has 0 saturated carbocycles. The van der Waals surface area contributed by atoms with E-state index in [1.807, 2.05) is 0 Å². The van der Waals surface area contributed by atoms with E-state index in [4.69, 9.17) is 4.74 Å². The van der Waals surface area contributed by atoms with Crippen molar-refractivity contribution >= 4 is 6.09 Å². The maximum Gasteiger partial charge on any atom is 0.407 e. The molecule has 0 radical (unpaired) electrons. The van der Waals surface area contributed by atoms with Crippen LogP contribution in [0.5, 0.6) is 0 Å². The summed E-state index contributed by atoms with van der Waals surface area (Å²) in [6.07, 6.45) is 0.832. The number of carbonyl (C=O) groups excluding carboxylic acids is 1. The lowest BCUT2D eigenvalue weighted by Gasteiger charge is -2.32. The van der Waals surface area contributed by atoms with Gasteiger partial charge in [-0.05, 0) is 57.9 Å². The minimum Gasteiger partial charge on any atom is -0.444 e. The lowest BCUT2D eigenvalue weighted by atomic mass is 9.94. The van der Waals surface area contributed by atoms with E-state index in [1.54, 1.807) is 20.8 Å². The maximum absolute atomic E-state index is 13.3. The first-order valence-electron chi connectivity index (χ1n) is 7.42. The van der Waals surface area contributed by atoms with Crippen molar-refractivity contribution in [2.24, 2.45) is 0 Å². The number of halogens is 2. The van der Waals surface area contributed by atoms with Gasteiger partial charge in [-0.25, -0.2) is 13.6 Å². The van der Waals surface area contributed by atoms with E-state index in [0.29, 0.717) is 18.5 Å². The average Bonchev–Trinajstić information content (AvgIpc) is 2.35. The first kappa shape index (κ1) is 16.7. The van der Waals surface area contributed by atoms with E-state index in [-0.39, 0.29) is 12.1 Å². The van der Waals surface area contributed by atoms with E-state index < -0.39 is 23.3 Å². The molecule has 122 valence electrons. The summed E-state index contributed by atoms with van der Waals surface area (Å²) in [6, 6.07) is 3.20. The molecule has 1 amide bonds. The monoisotopic (exact) mass is 312 g/mol. The molecular formula is C16H22F2N2O2. The summed E-state index contributed by atoms with van der Waals surface area (Å²) in [5, 5.41) is 6.03. The minimum atomic E-state index is -0.598. The van der Waals surface area contributed by atoms with Gasteiger partial charge >= 0.3 is 6.09 Å². The summed E-state index contributed by atoms with van der Waals surface area (Å²) in [5.74, 6) is -1.20. The van der Waals surface area contributed by atoms with Crippen LogP contribution in [0.2, 0.25) is 0 Å². The van der Waals surface area contributed by atoms with Crippen molar-refractivity contribution in [2.75, 3.05) is 6.54 Å². The van der Waals surface area contributed by atoms with Crippen LogP contribution in [0.15, 0.2) is 18.2 Å². The molecule has 2 atom stereocenters. The van der Waals surface area contributed by atoms with Crippen LogP contribution in [-0.4, -0.2) is 24.3 Å². The number of piperidine rings is 1. The molecule has 2 rings (SSSR count). The molecule has 4 nitrogen and oxygen atoms in total. The van der Waals surface area contributed by atoms with Gasteiger partial charge < -0.3 is 15.4 Å². The van der Waals surface area contributed by atoms with Crippen LogP contribution in [0.25, 0.3) is 0 Å². The Kier molecular flexibility index (Phi) is 5.01. The number of benzene rings is 1. The number of alkyl carbamates (subject to hydrolysis) is 1. The summed E-state index contributed by atoms with van der Waals surface area (Å²) in [5.41, 5.74) is -0.00423. The normalized spacial score (nSPS) is 22.2. The van der Waals surface area contributed by atoms with Crippen molar-refractivity contribution < 1.29 is 18.3 Å². The van der Waals surface area contributed by atoms with Gasteiger partial charge in [0.2, 0.25) is 0 Å². The molecule has 1 heterocycles. The highest BCUT2D eigenvalue weighted by molar-refractivity contribution is 5.68. The summed E-state index contributed by atoms with van der Waals surface area (Å²) in [4.78, 5) is 11.8. The SMILES string of the molecule is CC(C)(C)OC(=O)NC1CCNC(c2cc(F)cc(F)c2)C1. The van der Waals surface area contributed by atoms with Gasteiger partial charge in [0.25, 0.3) is 0 Å². The zero-order chi connectivity index (χ0) is 16.3. The van der Waals surface area contributed by atoms with Crippen LogP contribution in [0.4, 0.5) is 13.6 Å². The van der Waals surface area contributed by atoms with Gasteiger partial charge in [-0.3, -0.25) is 0 Å². The number of amides is 1. The van der Waals surface area contributed by atoms with Crippen molar-refractivity contribution in [1.82, 2.24) is 10.6 Å². The number of ether oxygens (including phenoxy) is 1. The smallest absolute Gasteiger partial charge is 0.407 e. The zero-order valence-electron chi connectivity index (χ0n) is 13.1. The fraction of sp³-hybridized carbons (Fsp3) is 0.562. The number of carbonyl (C=O) groups is 1. The number of hydrogen-bond acceptors (Lipinski definition) is 3. The Morgan fingerprint density at radius 2 is 1.91 bits per heavy atom. The molecule has 0 spiro atoms. The van der Waals surface area contributed by atoms with Gasteiger partial charge in [0.1, 0.15) is 17.2 Å². The fourth-order valence-electron chi connectivity index (χ4n) is 2.55. The molecule has 0 bridgehead atoms. The van der Waals surface area contributed by atoms with Crippen molar-refractivity contribution in [3.63, 3.8) is 0 Å². The Morgan fingerprint density at radius 3 is 2.50 bits per heavy atom. The molecule has 1 saturated heterocycles. The summed E-state index contributed by atoms with van der Waals surface area (Å²) >= 11 is 0. The molecule has 2 unspecified atom stereocenters. The highest BCUT2D eigenvalue weighted by Crippen LogP contribution is 2.25. The van der Waals surface area contributed by atoms with E-state index >= 15 is 0 Å². The lowest BCUT2D eigenvalue weighted by molar-refractivity contribution is 0.0490. The van der Waals surface area contributed by atoms with Crippen molar-refractivity contribution in [3.05, 3.63) is 35.4 Å². The molecular weight excluding hydrogens is 290 g/mol.